The van der Waals surface area contributed by atoms with Crippen molar-refractivity contribution >= 4 is 11.0 Å². The quantitative estimate of drug-likeness (QED) is 0.579. The third-order valence-corrected chi connectivity index (χ3v) is 5.28. The Labute approximate surface area is 161 Å². The summed E-state index contributed by atoms with van der Waals surface area (Å²) in [5, 5.41) is 8.36. The number of aromatic nitrogens is 4. The van der Waals surface area contributed by atoms with Crippen molar-refractivity contribution < 1.29 is 8.81 Å². The number of halogens is 1. The van der Waals surface area contributed by atoms with Crippen LogP contribution in [0.3, 0.4) is 0 Å². The lowest BCUT2D eigenvalue weighted by Gasteiger charge is -2.29. The Morgan fingerprint density at radius 3 is 2.61 bits per heavy atom. The highest BCUT2D eigenvalue weighted by Crippen LogP contribution is 2.30. The molecule has 1 aliphatic heterocycles. The molecule has 4 aromatic rings. The van der Waals surface area contributed by atoms with Crippen LogP contribution in [0, 0.1) is 5.82 Å². The van der Waals surface area contributed by atoms with Gasteiger partial charge < -0.3 is 9.40 Å². The van der Waals surface area contributed by atoms with Crippen molar-refractivity contribution in [2.45, 2.75) is 25.3 Å². The van der Waals surface area contributed by atoms with Crippen LogP contribution in [0.25, 0.3) is 22.5 Å². The van der Waals surface area contributed by atoms with Gasteiger partial charge in [-0.2, -0.15) is 0 Å². The van der Waals surface area contributed by atoms with E-state index in [-0.39, 0.29) is 11.7 Å². The van der Waals surface area contributed by atoms with E-state index in [2.05, 4.69) is 25.1 Å². The first kappa shape index (κ1) is 17.1. The van der Waals surface area contributed by atoms with Crippen LogP contribution in [0.4, 0.5) is 4.39 Å². The zero-order valence-electron chi connectivity index (χ0n) is 15.3. The van der Waals surface area contributed by atoms with Crippen molar-refractivity contribution in [1.29, 1.82) is 0 Å². The molecule has 5 rings (SSSR count). The minimum absolute atomic E-state index is 0.258. The summed E-state index contributed by atoms with van der Waals surface area (Å²) >= 11 is 0. The van der Waals surface area contributed by atoms with E-state index in [9.17, 15) is 4.39 Å². The predicted octanol–water partition coefficient (Wildman–Crippen LogP) is 4.13. The average molecular weight is 377 g/mol. The van der Waals surface area contributed by atoms with Gasteiger partial charge in [-0.15, -0.1) is 10.2 Å². The Bertz CT molecular complexity index is 1050. The lowest BCUT2D eigenvalue weighted by molar-refractivity contribution is 0.190. The first-order valence-electron chi connectivity index (χ1n) is 9.50. The monoisotopic (exact) mass is 377 g/mol. The number of piperidine rings is 1. The number of imidazole rings is 1. The third-order valence-electron chi connectivity index (χ3n) is 5.28. The first-order chi connectivity index (χ1) is 13.7. The van der Waals surface area contributed by atoms with Crippen LogP contribution >= 0.6 is 0 Å². The summed E-state index contributed by atoms with van der Waals surface area (Å²) in [7, 11) is 0. The summed E-state index contributed by atoms with van der Waals surface area (Å²) in [6.45, 7) is 2.72. The highest BCUT2D eigenvalue weighted by molar-refractivity contribution is 5.74. The zero-order chi connectivity index (χ0) is 18.9. The fraction of sp³-hybridized carbons (Fsp3) is 0.286. The Kier molecular flexibility index (Phi) is 4.37. The molecule has 2 aromatic carbocycles. The fourth-order valence-corrected chi connectivity index (χ4v) is 3.74. The standard InChI is InChI=1S/C21H20FN5O/c22-16-7-5-14(6-8-16)20-25-26-21(28-20)15-9-11-27(12-10-15)13-19-23-17-3-1-2-4-18(17)24-19/h1-8,15H,9-13H2,(H,23,24). The molecular formula is C21H20FN5O. The van der Waals surface area contributed by atoms with Crippen LogP contribution in [0.15, 0.2) is 52.9 Å². The molecule has 0 amide bonds. The highest BCUT2D eigenvalue weighted by atomic mass is 19.1. The number of hydrogen-bond acceptors (Lipinski definition) is 5. The van der Waals surface area contributed by atoms with Gasteiger partial charge in [0.15, 0.2) is 0 Å². The summed E-state index contributed by atoms with van der Waals surface area (Å²) in [4.78, 5) is 10.4. The molecule has 0 aliphatic carbocycles. The summed E-state index contributed by atoms with van der Waals surface area (Å²) < 4.78 is 18.9. The summed E-state index contributed by atoms with van der Waals surface area (Å²) in [5.74, 6) is 2.09. The number of para-hydroxylation sites is 2. The van der Waals surface area contributed by atoms with E-state index in [0.29, 0.717) is 11.8 Å². The van der Waals surface area contributed by atoms with Crippen LogP contribution in [-0.2, 0) is 6.54 Å². The van der Waals surface area contributed by atoms with Crippen LogP contribution < -0.4 is 0 Å². The molecule has 0 atom stereocenters. The van der Waals surface area contributed by atoms with E-state index in [1.165, 1.54) is 12.1 Å². The van der Waals surface area contributed by atoms with Gasteiger partial charge in [0.25, 0.3) is 0 Å². The van der Waals surface area contributed by atoms with E-state index in [1.807, 2.05) is 24.3 Å². The number of aromatic amines is 1. The second-order valence-electron chi connectivity index (χ2n) is 7.20. The number of H-pyrrole nitrogens is 1. The molecule has 7 heteroatoms. The van der Waals surface area contributed by atoms with Crippen LogP contribution in [0.5, 0.6) is 0 Å². The van der Waals surface area contributed by atoms with Crippen LogP contribution in [0.1, 0.15) is 30.5 Å². The number of benzene rings is 2. The van der Waals surface area contributed by atoms with Crippen molar-refractivity contribution in [3.63, 3.8) is 0 Å². The van der Waals surface area contributed by atoms with E-state index >= 15 is 0 Å². The van der Waals surface area contributed by atoms with Crippen LogP contribution in [-0.4, -0.2) is 38.2 Å². The Morgan fingerprint density at radius 1 is 1.04 bits per heavy atom. The van der Waals surface area contributed by atoms with E-state index in [4.69, 9.17) is 4.42 Å². The van der Waals surface area contributed by atoms with Gasteiger partial charge in [0.2, 0.25) is 11.8 Å². The Balaban J connectivity index is 1.22. The minimum atomic E-state index is -0.277. The molecule has 0 bridgehead atoms. The molecule has 28 heavy (non-hydrogen) atoms. The van der Waals surface area contributed by atoms with Gasteiger partial charge in [-0.05, 0) is 62.3 Å². The molecule has 142 valence electrons. The second kappa shape index (κ2) is 7.16. The number of likely N-dealkylation sites (tertiary alicyclic amines) is 1. The third kappa shape index (κ3) is 3.41. The van der Waals surface area contributed by atoms with Crippen molar-refractivity contribution in [1.82, 2.24) is 25.1 Å². The topological polar surface area (TPSA) is 70.8 Å². The van der Waals surface area contributed by atoms with Gasteiger partial charge >= 0.3 is 0 Å². The normalized spacial score (nSPS) is 16.0. The molecule has 0 radical (unpaired) electrons. The highest BCUT2D eigenvalue weighted by Gasteiger charge is 2.25. The Hall–Kier alpha value is -3.06. The van der Waals surface area contributed by atoms with E-state index in [1.54, 1.807) is 12.1 Å². The Morgan fingerprint density at radius 2 is 1.82 bits per heavy atom. The van der Waals surface area contributed by atoms with Gasteiger partial charge in [0.05, 0.1) is 17.6 Å². The first-order valence-corrected chi connectivity index (χ1v) is 9.50. The predicted molar refractivity (Wildman–Crippen MR) is 103 cm³/mol. The molecule has 0 spiro atoms. The van der Waals surface area contributed by atoms with Crippen molar-refractivity contribution in [3.05, 3.63) is 66.1 Å². The fourth-order valence-electron chi connectivity index (χ4n) is 3.74. The zero-order valence-corrected chi connectivity index (χ0v) is 15.3. The number of rotatable bonds is 4. The largest absolute Gasteiger partial charge is 0.420 e. The molecule has 0 saturated carbocycles. The molecule has 1 N–H and O–H groups in total. The van der Waals surface area contributed by atoms with Gasteiger partial charge in [0.1, 0.15) is 11.6 Å². The van der Waals surface area contributed by atoms with Gasteiger partial charge in [-0.3, -0.25) is 4.90 Å². The molecule has 1 aliphatic rings. The minimum Gasteiger partial charge on any atom is -0.420 e. The molecule has 1 saturated heterocycles. The summed E-state index contributed by atoms with van der Waals surface area (Å²) in [6.07, 6.45) is 1.93. The van der Waals surface area contributed by atoms with Gasteiger partial charge in [-0.25, -0.2) is 9.37 Å². The number of nitrogens with one attached hydrogen (secondary N) is 1. The maximum absolute atomic E-state index is 13.1. The average Bonchev–Trinajstić information content (AvgIpc) is 3.36. The smallest absolute Gasteiger partial charge is 0.247 e. The molecular weight excluding hydrogens is 357 g/mol. The lowest BCUT2D eigenvalue weighted by atomic mass is 9.97. The maximum Gasteiger partial charge on any atom is 0.247 e. The number of nitrogens with zero attached hydrogens (tertiary/aromatic N) is 4. The van der Waals surface area contributed by atoms with Crippen molar-refractivity contribution in [2.24, 2.45) is 0 Å². The lowest BCUT2D eigenvalue weighted by Crippen LogP contribution is -2.32. The van der Waals surface area contributed by atoms with Crippen molar-refractivity contribution in [2.75, 3.05) is 13.1 Å². The van der Waals surface area contributed by atoms with Gasteiger partial charge in [0, 0.05) is 11.5 Å². The SMILES string of the molecule is Fc1ccc(-c2nnc(C3CCN(Cc4nc5ccccc5[nH]4)CC3)o2)cc1. The summed E-state index contributed by atoms with van der Waals surface area (Å²) in [5.41, 5.74) is 2.82. The molecule has 6 nitrogen and oxygen atoms in total. The van der Waals surface area contributed by atoms with Crippen LogP contribution in [0.2, 0.25) is 0 Å². The molecule has 1 fully saturated rings. The van der Waals surface area contributed by atoms with Gasteiger partial charge in [-0.1, -0.05) is 12.1 Å². The van der Waals surface area contributed by atoms with Crippen molar-refractivity contribution in [3.8, 4) is 11.5 Å². The number of hydrogen-bond donors (Lipinski definition) is 1. The summed E-state index contributed by atoms with van der Waals surface area (Å²) in [6, 6.07) is 14.2. The van der Waals surface area contributed by atoms with E-state index in [0.717, 1.165) is 54.9 Å². The molecule has 2 aromatic heterocycles. The van der Waals surface area contributed by atoms with E-state index < -0.39 is 0 Å². The second-order valence-corrected chi connectivity index (χ2v) is 7.20. The number of fused-ring (bicyclic) bond motifs is 1. The molecule has 0 unspecified atom stereocenters. The molecule has 3 heterocycles. The maximum atomic E-state index is 13.1.